The fourth-order valence-corrected chi connectivity index (χ4v) is 5.49. The fraction of sp³-hybridized carbons (Fsp3) is 0.417. The minimum atomic E-state index is -4.55. The standard InChI is InChI=1S/C24H24F3N5O3S/c1-15-12-20(24(25,26)27)29-31(15)13-21(33)30-9-6-17(7-10-30)22-28-18(14-36-22)23(34)35-32-11-8-16-4-2-3-5-19(16)32/h2-5,12,14,17H,6-11,13H2,1H3. The number of carbonyl (C=O) groups excluding carboxylic acids is 2. The van der Waals surface area contributed by atoms with Crippen molar-refractivity contribution in [2.24, 2.45) is 0 Å². The summed E-state index contributed by atoms with van der Waals surface area (Å²) in [6.45, 7) is 2.78. The minimum absolute atomic E-state index is 0.0939. The zero-order chi connectivity index (χ0) is 25.4. The number of aromatic nitrogens is 3. The number of hydrogen-bond donors (Lipinski definition) is 0. The number of halogens is 3. The molecule has 4 heterocycles. The largest absolute Gasteiger partial charge is 0.435 e. The second-order valence-corrected chi connectivity index (χ2v) is 9.80. The SMILES string of the molecule is Cc1cc(C(F)(F)F)nn1CC(=O)N1CCC(c2nc(C(=O)ON3CCc4ccccc43)cs2)CC1. The quantitative estimate of drug-likeness (QED) is 0.503. The summed E-state index contributed by atoms with van der Waals surface area (Å²) in [5.41, 5.74) is 1.56. The van der Waals surface area contributed by atoms with Crippen molar-refractivity contribution >= 4 is 28.9 Å². The molecule has 0 bridgehead atoms. The summed E-state index contributed by atoms with van der Waals surface area (Å²) in [6, 6.07) is 8.72. The van der Waals surface area contributed by atoms with Crippen LogP contribution in [0.1, 0.15) is 51.2 Å². The van der Waals surface area contributed by atoms with E-state index < -0.39 is 17.8 Å². The molecule has 8 nitrogen and oxygen atoms in total. The molecule has 0 aliphatic carbocycles. The molecule has 3 aromatic rings. The molecule has 0 radical (unpaired) electrons. The third kappa shape index (κ3) is 4.95. The normalized spacial score (nSPS) is 16.3. The fourth-order valence-electron chi connectivity index (χ4n) is 4.53. The van der Waals surface area contributed by atoms with Gasteiger partial charge in [0.15, 0.2) is 11.4 Å². The van der Waals surface area contributed by atoms with Gasteiger partial charge in [-0.1, -0.05) is 18.2 Å². The Bertz CT molecular complexity index is 1280. The van der Waals surface area contributed by atoms with E-state index in [0.717, 1.165) is 33.4 Å². The first-order valence-electron chi connectivity index (χ1n) is 11.6. The van der Waals surface area contributed by atoms with Crippen molar-refractivity contribution in [2.45, 2.75) is 44.8 Å². The number of hydroxylamine groups is 1. The van der Waals surface area contributed by atoms with Crippen molar-refractivity contribution < 1.29 is 27.6 Å². The lowest BCUT2D eigenvalue weighted by atomic mass is 9.97. The van der Waals surface area contributed by atoms with Crippen LogP contribution in [0.15, 0.2) is 35.7 Å². The van der Waals surface area contributed by atoms with Crippen molar-refractivity contribution in [1.29, 1.82) is 0 Å². The van der Waals surface area contributed by atoms with E-state index in [4.69, 9.17) is 4.84 Å². The van der Waals surface area contributed by atoms with Crippen LogP contribution in [0.5, 0.6) is 0 Å². The van der Waals surface area contributed by atoms with Crippen molar-refractivity contribution in [3.63, 3.8) is 0 Å². The van der Waals surface area contributed by atoms with Crippen LogP contribution < -0.4 is 5.06 Å². The van der Waals surface area contributed by atoms with Crippen molar-refractivity contribution in [3.8, 4) is 0 Å². The van der Waals surface area contributed by atoms with Crippen molar-refractivity contribution in [2.75, 3.05) is 24.7 Å². The summed E-state index contributed by atoms with van der Waals surface area (Å²) in [7, 11) is 0. The molecular formula is C24H24F3N5O3S. The van der Waals surface area contributed by atoms with Crippen molar-refractivity contribution in [3.05, 3.63) is 63.4 Å². The highest BCUT2D eigenvalue weighted by Crippen LogP contribution is 2.32. The smallest absolute Gasteiger partial charge is 0.341 e. The van der Waals surface area contributed by atoms with E-state index in [0.29, 0.717) is 32.5 Å². The second-order valence-electron chi connectivity index (χ2n) is 8.91. The van der Waals surface area contributed by atoms with Gasteiger partial charge >= 0.3 is 12.1 Å². The molecule has 0 N–H and O–H groups in total. The van der Waals surface area contributed by atoms with E-state index in [1.807, 2.05) is 24.3 Å². The van der Waals surface area contributed by atoms with Crippen LogP contribution in [0.2, 0.25) is 0 Å². The number of carbonyl (C=O) groups is 2. The number of amides is 1. The van der Waals surface area contributed by atoms with Gasteiger partial charge in [0.25, 0.3) is 0 Å². The maximum Gasteiger partial charge on any atom is 0.435 e. The maximum absolute atomic E-state index is 12.9. The third-order valence-corrected chi connectivity index (χ3v) is 7.53. The average molecular weight is 520 g/mol. The van der Waals surface area contributed by atoms with E-state index in [1.165, 1.54) is 18.3 Å². The monoisotopic (exact) mass is 519 g/mol. The molecule has 1 aromatic carbocycles. The summed E-state index contributed by atoms with van der Waals surface area (Å²) >= 11 is 1.39. The number of para-hydroxylation sites is 1. The molecule has 36 heavy (non-hydrogen) atoms. The number of fused-ring (bicyclic) bond motifs is 1. The molecule has 2 aliphatic rings. The lowest BCUT2D eigenvalue weighted by Gasteiger charge is -2.31. The van der Waals surface area contributed by atoms with Gasteiger partial charge in [0, 0.05) is 30.1 Å². The zero-order valence-corrected chi connectivity index (χ0v) is 20.3. The molecule has 1 fully saturated rings. The summed E-state index contributed by atoms with van der Waals surface area (Å²) < 4.78 is 39.7. The molecular weight excluding hydrogens is 495 g/mol. The molecule has 0 unspecified atom stereocenters. The first kappa shape index (κ1) is 24.3. The number of rotatable bonds is 5. The van der Waals surface area contributed by atoms with Gasteiger partial charge in [-0.3, -0.25) is 9.48 Å². The molecule has 5 rings (SSSR count). The number of benzene rings is 1. The van der Waals surface area contributed by atoms with Crippen LogP contribution in [0.25, 0.3) is 0 Å². The summed E-state index contributed by atoms with van der Waals surface area (Å²) in [4.78, 5) is 37.0. The van der Waals surface area contributed by atoms with Gasteiger partial charge in [-0.25, -0.2) is 14.8 Å². The Hall–Kier alpha value is -3.41. The van der Waals surface area contributed by atoms with Gasteiger partial charge in [0.05, 0.1) is 17.2 Å². The second kappa shape index (κ2) is 9.57. The highest BCUT2D eigenvalue weighted by Gasteiger charge is 2.35. The highest BCUT2D eigenvalue weighted by atomic mass is 32.1. The van der Waals surface area contributed by atoms with Crippen LogP contribution in [-0.2, 0) is 28.8 Å². The van der Waals surface area contributed by atoms with E-state index >= 15 is 0 Å². The molecule has 2 aliphatic heterocycles. The predicted molar refractivity (Wildman–Crippen MR) is 126 cm³/mol. The molecule has 2 aromatic heterocycles. The molecule has 1 amide bonds. The molecule has 190 valence electrons. The maximum atomic E-state index is 12.9. The number of nitrogens with zero attached hydrogens (tertiary/aromatic N) is 5. The van der Waals surface area contributed by atoms with Crippen LogP contribution >= 0.6 is 11.3 Å². The average Bonchev–Trinajstić information content (AvgIpc) is 3.59. The Balaban J connectivity index is 1.15. The van der Waals surface area contributed by atoms with Gasteiger partial charge in [-0.15, -0.1) is 11.3 Å². The van der Waals surface area contributed by atoms with Crippen LogP contribution in [0.4, 0.5) is 18.9 Å². The van der Waals surface area contributed by atoms with E-state index in [2.05, 4.69) is 10.1 Å². The van der Waals surface area contributed by atoms with E-state index in [9.17, 15) is 22.8 Å². The molecule has 1 saturated heterocycles. The number of aryl methyl sites for hydroxylation is 1. The Morgan fingerprint density at radius 1 is 1.17 bits per heavy atom. The number of anilines is 1. The molecule has 0 atom stereocenters. The van der Waals surface area contributed by atoms with Gasteiger partial charge in [0.2, 0.25) is 5.91 Å². The third-order valence-electron chi connectivity index (χ3n) is 6.52. The predicted octanol–water partition coefficient (Wildman–Crippen LogP) is 4.21. The first-order chi connectivity index (χ1) is 17.2. The van der Waals surface area contributed by atoms with Crippen LogP contribution in [0, 0.1) is 6.92 Å². The van der Waals surface area contributed by atoms with E-state index in [-0.39, 0.29) is 29.8 Å². The zero-order valence-electron chi connectivity index (χ0n) is 19.5. The molecule has 0 spiro atoms. The summed E-state index contributed by atoms with van der Waals surface area (Å²) in [6.07, 6.45) is -2.43. The van der Waals surface area contributed by atoms with Crippen LogP contribution in [0.3, 0.4) is 0 Å². The number of thiazole rings is 1. The summed E-state index contributed by atoms with van der Waals surface area (Å²) in [5, 5.41) is 7.64. The Labute approximate surface area is 209 Å². The number of piperidine rings is 1. The Morgan fingerprint density at radius 3 is 2.64 bits per heavy atom. The van der Waals surface area contributed by atoms with Crippen molar-refractivity contribution in [1.82, 2.24) is 19.7 Å². The highest BCUT2D eigenvalue weighted by molar-refractivity contribution is 7.09. The molecule has 12 heteroatoms. The summed E-state index contributed by atoms with van der Waals surface area (Å²) in [5.74, 6) is -0.686. The van der Waals surface area contributed by atoms with Gasteiger partial charge in [0.1, 0.15) is 6.54 Å². The lowest BCUT2D eigenvalue weighted by molar-refractivity contribution is -0.142. The number of likely N-dealkylation sites (tertiary alicyclic amines) is 1. The first-order valence-corrected chi connectivity index (χ1v) is 12.5. The Morgan fingerprint density at radius 2 is 1.92 bits per heavy atom. The minimum Gasteiger partial charge on any atom is -0.341 e. The van der Waals surface area contributed by atoms with Gasteiger partial charge in [-0.05, 0) is 43.9 Å². The van der Waals surface area contributed by atoms with Gasteiger partial charge in [-0.2, -0.15) is 18.3 Å². The lowest BCUT2D eigenvalue weighted by Crippen LogP contribution is -2.40. The Kier molecular flexibility index (Phi) is 6.45. The van der Waals surface area contributed by atoms with Crippen LogP contribution in [-0.4, -0.2) is 51.2 Å². The molecule has 0 saturated carbocycles. The van der Waals surface area contributed by atoms with Gasteiger partial charge < -0.3 is 9.74 Å². The number of hydrogen-bond acceptors (Lipinski definition) is 7. The number of alkyl halides is 3. The van der Waals surface area contributed by atoms with E-state index in [1.54, 1.807) is 15.3 Å². The topological polar surface area (TPSA) is 80.6 Å².